The lowest BCUT2D eigenvalue weighted by atomic mass is 10.1. The summed E-state index contributed by atoms with van der Waals surface area (Å²) in [5.41, 5.74) is 5.12. The molecule has 0 aliphatic heterocycles. The molecule has 0 unspecified atom stereocenters. The van der Waals surface area contributed by atoms with Crippen molar-refractivity contribution in [3.8, 4) is 5.75 Å². The molecule has 8 heteroatoms. The van der Waals surface area contributed by atoms with E-state index in [1.165, 1.54) is 23.9 Å². The topological polar surface area (TPSA) is 93.8 Å². The third-order valence-electron chi connectivity index (χ3n) is 3.58. The van der Waals surface area contributed by atoms with E-state index >= 15 is 0 Å². The summed E-state index contributed by atoms with van der Waals surface area (Å²) in [7, 11) is 0. The van der Waals surface area contributed by atoms with E-state index in [0.717, 1.165) is 16.9 Å². The average Bonchev–Trinajstić information content (AvgIpc) is 2.67. The number of nitro groups is 1. The van der Waals surface area contributed by atoms with Crippen molar-refractivity contribution >= 4 is 29.1 Å². The Kier molecular flexibility index (Phi) is 7.81. The van der Waals surface area contributed by atoms with Gasteiger partial charge in [-0.2, -0.15) is 5.10 Å². The van der Waals surface area contributed by atoms with Crippen molar-refractivity contribution in [1.82, 2.24) is 5.43 Å². The van der Waals surface area contributed by atoms with Crippen LogP contribution in [0.1, 0.15) is 25.0 Å². The monoisotopic (exact) mass is 387 g/mol. The summed E-state index contributed by atoms with van der Waals surface area (Å²) in [6.07, 6.45) is 0. The molecule has 0 aliphatic carbocycles. The molecule has 1 amide bonds. The molecule has 0 aliphatic rings. The number of rotatable bonds is 9. The molecule has 2 aromatic rings. The van der Waals surface area contributed by atoms with E-state index in [4.69, 9.17) is 4.74 Å². The van der Waals surface area contributed by atoms with E-state index in [0.29, 0.717) is 18.1 Å². The molecular weight excluding hydrogens is 366 g/mol. The number of hydrogen-bond acceptors (Lipinski definition) is 6. The highest BCUT2D eigenvalue weighted by molar-refractivity contribution is 7.99. The SMILES string of the molecule is CCOc1ccc(/C(C)=N\NC(=O)CSCc2ccc([N+](=O)[O-])cc2)cc1. The fourth-order valence-electron chi connectivity index (χ4n) is 2.18. The number of carbonyl (C=O) groups is 1. The van der Waals surface area contributed by atoms with Crippen molar-refractivity contribution in [1.29, 1.82) is 0 Å². The second kappa shape index (κ2) is 10.3. The summed E-state index contributed by atoms with van der Waals surface area (Å²) < 4.78 is 5.39. The van der Waals surface area contributed by atoms with Gasteiger partial charge < -0.3 is 4.74 Å². The minimum absolute atomic E-state index is 0.0561. The van der Waals surface area contributed by atoms with E-state index in [2.05, 4.69) is 10.5 Å². The zero-order valence-electron chi connectivity index (χ0n) is 15.2. The van der Waals surface area contributed by atoms with Crippen LogP contribution in [0.2, 0.25) is 0 Å². The lowest BCUT2D eigenvalue weighted by Crippen LogP contribution is -2.21. The molecule has 0 fully saturated rings. The van der Waals surface area contributed by atoms with Crippen molar-refractivity contribution in [3.05, 3.63) is 69.8 Å². The van der Waals surface area contributed by atoms with Gasteiger partial charge in [0.15, 0.2) is 0 Å². The van der Waals surface area contributed by atoms with Gasteiger partial charge in [0.2, 0.25) is 5.91 Å². The average molecular weight is 387 g/mol. The maximum absolute atomic E-state index is 11.9. The first-order valence-electron chi connectivity index (χ1n) is 8.37. The summed E-state index contributed by atoms with van der Waals surface area (Å²) >= 11 is 1.42. The summed E-state index contributed by atoms with van der Waals surface area (Å²) in [6, 6.07) is 13.8. The number of carbonyl (C=O) groups excluding carboxylic acids is 1. The zero-order chi connectivity index (χ0) is 19.6. The number of hydrogen-bond donors (Lipinski definition) is 1. The smallest absolute Gasteiger partial charge is 0.269 e. The van der Waals surface area contributed by atoms with E-state index in [1.807, 2.05) is 38.1 Å². The molecular formula is C19H21N3O4S. The number of nitrogens with one attached hydrogen (secondary N) is 1. The summed E-state index contributed by atoms with van der Waals surface area (Å²) in [5.74, 6) is 1.43. The third-order valence-corrected chi connectivity index (χ3v) is 4.58. The Labute approximate surface area is 162 Å². The molecule has 0 bridgehead atoms. The summed E-state index contributed by atoms with van der Waals surface area (Å²) in [6.45, 7) is 4.36. The van der Waals surface area contributed by atoms with Crippen LogP contribution < -0.4 is 10.2 Å². The Morgan fingerprint density at radius 1 is 1.19 bits per heavy atom. The quantitative estimate of drug-likeness (QED) is 0.402. The number of thioether (sulfide) groups is 1. The van der Waals surface area contributed by atoms with Crippen LogP contribution in [0, 0.1) is 10.1 Å². The molecule has 0 radical (unpaired) electrons. The highest BCUT2D eigenvalue weighted by Crippen LogP contribution is 2.16. The van der Waals surface area contributed by atoms with Crippen LogP contribution in [0.4, 0.5) is 5.69 Å². The first-order chi connectivity index (χ1) is 13.0. The van der Waals surface area contributed by atoms with Crippen molar-refractivity contribution in [3.63, 3.8) is 0 Å². The Bertz CT molecular complexity index is 805. The van der Waals surface area contributed by atoms with Crippen LogP contribution in [0.15, 0.2) is 53.6 Å². The number of nitrogens with zero attached hydrogens (tertiary/aromatic N) is 2. The van der Waals surface area contributed by atoms with Gasteiger partial charge in [-0.25, -0.2) is 5.43 Å². The van der Waals surface area contributed by atoms with E-state index in [1.54, 1.807) is 12.1 Å². The highest BCUT2D eigenvalue weighted by atomic mass is 32.2. The highest BCUT2D eigenvalue weighted by Gasteiger charge is 2.06. The number of non-ortho nitro benzene ring substituents is 1. The molecule has 0 saturated carbocycles. The van der Waals surface area contributed by atoms with Gasteiger partial charge in [-0.1, -0.05) is 12.1 Å². The largest absolute Gasteiger partial charge is 0.494 e. The lowest BCUT2D eigenvalue weighted by Gasteiger charge is -2.05. The number of nitro benzene ring substituents is 1. The van der Waals surface area contributed by atoms with Gasteiger partial charge in [0.05, 0.1) is 23.0 Å². The molecule has 2 rings (SSSR count). The van der Waals surface area contributed by atoms with Gasteiger partial charge in [-0.15, -0.1) is 11.8 Å². The lowest BCUT2D eigenvalue weighted by molar-refractivity contribution is -0.384. The third kappa shape index (κ3) is 6.74. The van der Waals surface area contributed by atoms with Gasteiger partial charge >= 0.3 is 0 Å². The molecule has 1 N–H and O–H groups in total. The molecule has 27 heavy (non-hydrogen) atoms. The second-order valence-corrected chi connectivity index (χ2v) is 6.59. The number of amides is 1. The Hall–Kier alpha value is -2.87. The standard InChI is InChI=1S/C19H21N3O4S/c1-3-26-18-10-6-16(7-11-18)14(2)20-21-19(23)13-27-12-15-4-8-17(9-5-15)22(24)25/h4-11H,3,12-13H2,1-2H3,(H,21,23)/b20-14-. The molecule has 2 aromatic carbocycles. The van der Waals surface area contributed by atoms with Crippen molar-refractivity contribution in [2.75, 3.05) is 12.4 Å². The van der Waals surface area contributed by atoms with Crippen molar-refractivity contribution in [2.45, 2.75) is 19.6 Å². The first kappa shape index (κ1) is 20.4. The molecule has 0 heterocycles. The minimum Gasteiger partial charge on any atom is -0.494 e. The predicted molar refractivity (Wildman–Crippen MR) is 107 cm³/mol. The van der Waals surface area contributed by atoms with E-state index in [9.17, 15) is 14.9 Å². The second-order valence-electron chi connectivity index (χ2n) is 5.61. The molecule has 0 atom stereocenters. The van der Waals surface area contributed by atoms with Crippen LogP contribution >= 0.6 is 11.8 Å². The Balaban J connectivity index is 1.77. The van der Waals surface area contributed by atoms with Crippen LogP contribution in [0.5, 0.6) is 5.75 Å². The normalized spacial score (nSPS) is 11.1. The van der Waals surface area contributed by atoms with Crippen molar-refractivity contribution in [2.24, 2.45) is 5.10 Å². The maximum Gasteiger partial charge on any atom is 0.269 e. The van der Waals surface area contributed by atoms with Crippen LogP contribution in [0.25, 0.3) is 0 Å². The summed E-state index contributed by atoms with van der Waals surface area (Å²) in [4.78, 5) is 22.1. The molecule has 0 aromatic heterocycles. The van der Waals surface area contributed by atoms with Gasteiger partial charge in [-0.3, -0.25) is 14.9 Å². The zero-order valence-corrected chi connectivity index (χ0v) is 16.0. The Morgan fingerprint density at radius 3 is 2.44 bits per heavy atom. The van der Waals surface area contributed by atoms with Crippen LogP contribution in [0.3, 0.4) is 0 Å². The number of benzene rings is 2. The van der Waals surface area contributed by atoms with Gasteiger partial charge in [0, 0.05) is 17.9 Å². The number of ether oxygens (including phenoxy) is 1. The first-order valence-corrected chi connectivity index (χ1v) is 9.52. The maximum atomic E-state index is 11.9. The van der Waals surface area contributed by atoms with Gasteiger partial charge in [-0.05, 0) is 49.2 Å². The van der Waals surface area contributed by atoms with Crippen molar-refractivity contribution < 1.29 is 14.5 Å². The van der Waals surface area contributed by atoms with E-state index < -0.39 is 4.92 Å². The number of hydrazone groups is 1. The minimum atomic E-state index is -0.435. The summed E-state index contributed by atoms with van der Waals surface area (Å²) in [5, 5.41) is 14.7. The molecule has 0 saturated heterocycles. The van der Waals surface area contributed by atoms with Gasteiger partial charge in [0.25, 0.3) is 5.69 Å². The predicted octanol–water partition coefficient (Wildman–Crippen LogP) is 3.77. The fraction of sp³-hybridized carbons (Fsp3) is 0.263. The van der Waals surface area contributed by atoms with Crippen LogP contribution in [-0.4, -0.2) is 28.9 Å². The Morgan fingerprint density at radius 2 is 1.85 bits per heavy atom. The molecule has 142 valence electrons. The van der Waals surface area contributed by atoms with Crippen LogP contribution in [-0.2, 0) is 10.5 Å². The van der Waals surface area contributed by atoms with Gasteiger partial charge in [0.1, 0.15) is 5.75 Å². The molecule has 0 spiro atoms. The molecule has 7 nitrogen and oxygen atoms in total. The fourth-order valence-corrected chi connectivity index (χ4v) is 2.96. The van der Waals surface area contributed by atoms with E-state index in [-0.39, 0.29) is 17.3 Å².